The van der Waals surface area contributed by atoms with Crippen molar-refractivity contribution in [3.05, 3.63) is 29.9 Å². The molecular weight excluding hydrogens is 463 g/mol. The number of hydrogen-bond acceptors (Lipinski definition) is 4. The van der Waals surface area contributed by atoms with Crippen LogP contribution in [0.5, 0.6) is 0 Å². The molecule has 0 saturated carbocycles. The third-order valence-corrected chi connectivity index (χ3v) is 4.00. The quantitative estimate of drug-likeness (QED) is 0.601. The molecule has 21 heavy (non-hydrogen) atoms. The van der Waals surface area contributed by atoms with E-state index in [1.807, 2.05) is 14.6 Å². The number of nitrogens with zero attached hydrogens (tertiary/aromatic N) is 3. The number of carbonyl (C=O) groups is 2. The fraction of sp³-hybridized carbons (Fsp3) is 0.500. The summed E-state index contributed by atoms with van der Waals surface area (Å²) in [6.45, 7) is 5.73. The molecule has 0 spiro atoms. The molecule has 6 nitrogen and oxygen atoms in total. The summed E-state index contributed by atoms with van der Waals surface area (Å²) in [6, 6.07) is 0. The molecule has 1 aromatic rings. The van der Waals surface area contributed by atoms with E-state index in [0.29, 0.717) is 51.0 Å². The summed E-state index contributed by atoms with van der Waals surface area (Å²) in [6.07, 6.45) is 6.12. The van der Waals surface area contributed by atoms with Crippen LogP contribution in [0.25, 0.3) is 0 Å². The molecule has 1 aliphatic heterocycles. The molecule has 0 radical (unpaired) electrons. The van der Waals surface area contributed by atoms with Crippen LogP contribution in [0.15, 0.2) is 24.2 Å². The number of amides is 2. The molecule has 0 unspecified atom stereocenters. The van der Waals surface area contributed by atoms with Crippen LogP contribution in [0.2, 0.25) is 0 Å². The van der Waals surface area contributed by atoms with E-state index in [0.717, 1.165) is 5.69 Å². The van der Waals surface area contributed by atoms with Gasteiger partial charge < -0.3 is 0 Å². The van der Waals surface area contributed by atoms with E-state index in [2.05, 4.69) is 4.98 Å². The van der Waals surface area contributed by atoms with Crippen molar-refractivity contribution < 1.29 is 14.3 Å². The molecule has 7 heteroatoms. The average Bonchev–Trinajstić information content (AvgIpc) is 2.75. The van der Waals surface area contributed by atoms with E-state index in [1.165, 1.54) is 4.90 Å². The molecule has 1 aromatic heterocycles. The second-order valence-electron chi connectivity index (χ2n) is 5.94. The topological polar surface area (TPSA) is 64.4 Å². The summed E-state index contributed by atoms with van der Waals surface area (Å²) in [5, 5.41) is 0. The molecule has 0 N–H and O–H groups in total. The monoisotopic (exact) mass is 481 g/mol. The predicted octanol–water partition coefficient (Wildman–Crippen LogP) is 1.45. The zero-order chi connectivity index (χ0) is 15.6. The Morgan fingerprint density at radius 3 is 2.76 bits per heavy atom. The fourth-order valence-corrected chi connectivity index (χ4v) is 2.96. The van der Waals surface area contributed by atoms with Gasteiger partial charge in [0.2, 0.25) is 0 Å². The van der Waals surface area contributed by atoms with Gasteiger partial charge in [-0.3, -0.25) is 0 Å². The van der Waals surface area contributed by atoms with Crippen molar-refractivity contribution in [2.75, 3.05) is 6.54 Å². The summed E-state index contributed by atoms with van der Waals surface area (Å²) >= 11 is 0.658. The molecule has 0 atom stereocenters. The zero-order valence-corrected chi connectivity index (χ0v) is 17.0. The van der Waals surface area contributed by atoms with Gasteiger partial charge in [0, 0.05) is 0 Å². The molecule has 0 aliphatic carbocycles. The average molecular weight is 481 g/mol. The predicted molar refractivity (Wildman–Crippen MR) is 77.7 cm³/mol. The van der Waals surface area contributed by atoms with Crippen molar-refractivity contribution in [2.24, 2.45) is 0 Å². The van der Waals surface area contributed by atoms with E-state index >= 15 is 0 Å². The Labute approximate surface area is 140 Å². The van der Waals surface area contributed by atoms with Crippen molar-refractivity contribution in [2.45, 2.75) is 39.2 Å². The van der Waals surface area contributed by atoms with E-state index < -0.39 is 11.7 Å². The van der Waals surface area contributed by atoms with E-state index in [1.54, 1.807) is 27.1 Å². The second-order valence-corrected chi connectivity index (χ2v) is 8.26. The normalized spacial score (nSPS) is 15.8. The van der Waals surface area contributed by atoms with Gasteiger partial charge in [-0.2, -0.15) is 0 Å². The van der Waals surface area contributed by atoms with Crippen LogP contribution in [0.3, 0.4) is 0 Å². The minimum absolute atomic E-state index is 0.277. The Balaban J connectivity index is 2.07. The number of ether oxygens (including phenoxy) is 1. The van der Waals surface area contributed by atoms with Crippen LogP contribution in [0, 0.1) is 0 Å². The minimum atomic E-state index is -0.606. The third kappa shape index (κ3) is 4.39. The number of aromatic nitrogens is 2. The first-order valence-corrected chi connectivity index (χ1v) is 8.79. The van der Waals surface area contributed by atoms with Crippen molar-refractivity contribution in [3.63, 3.8) is 0 Å². The van der Waals surface area contributed by atoms with Crippen LogP contribution >= 0.6 is 0 Å². The Kier molecular flexibility index (Phi) is 4.85. The second kappa shape index (κ2) is 6.29. The molecule has 0 aromatic carbocycles. The fourth-order valence-electron chi connectivity index (χ4n) is 2.04. The maximum atomic E-state index is 12.4. The van der Waals surface area contributed by atoms with E-state index in [-0.39, 0.29) is 5.91 Å². The van der Waals surface area contributed by atoms with E-state index in [4.69, 9.17) is 4.74 Å². The van der Waals surface area contributed by atoms with Crippen molar-refractivity contribution in [1.29, 1.82) is 0 Å². The number of imide groups is 1. The Bertz CT molecular complexity index is 587. The summed E-state index contributed by atoms with van der Waals surface area (Å²) in [5.41, 5.74) is 0.851. The van der Waals surface area contributed by atoms with Gasteiger partial charge in [0.25, 0.3) is 0 Å². The van der Waals surface area contributed by atoms with Crippen LogP contribution in [0.1, 0.15) is 32.9 Å². The first kappa shape index (κ1) is 16.2. The van der Waals surface area contributed by atoms with Gasteiger partial charge in [0.15, 0.2) is 0 Å². The number of rotatable bonds is 2. The van der Waals surface area contributed by atoms with Gasteiger partial charge in [-0.15, -0.1) is 0 Å². The number of imidazole rings is 1. The molecule has 2 amide bonds. The third-order valence-electron chi connectivity index (χ3n) is 2.90. The molecule has 0 saturated heterocycles. The first-order chi connectivity index (χ1) is 9.76. The van der Waals surface area contributed by atoms with Gasteiger partial charge in [-0.1, -0.05) is 0 Å². The van der Waals surface area contributed by atoms with Gasteiger partial charge in [0.1, 0.15) is 0 Å². The molecular formula is C14H18N3O3Tl. The molecule has 2 rings (SSSR count). The van der Waals surface area contributed by atoms with Crippen molar-refractivity contribution in [1.82, 2.24) is 12.3 Å². The molecule has 0 bridgehead atoms. The summed E-state index contributed by atoms with van der Waals surface area (Å²) in [4.78, 5) is 29.9. The summed E-state index contributed by atoms with van der Waals surface area (Å²) in [7, 11) is 0. The first-order valence-electron chi connectivity index (χ1n) is 6.78. The Morgan fingerprint density at radius 1 is 1.48 bits per heavy atom. The summed E-state index contributed by atoms with van der Waals surface area (Å²) in [5.74, 6) is -0.277. The zero-order valence-electron chi connectivity index (χ0n) is 12.5. The Morgan fingerprint density at radius 2 is 2.19 bits per heavy atom. The Hall–Kier alpha value is -1.19. The van der Waals surface area contributed by atoms with Crippen molar-refractivity contribution in [3.8, 4) is 0 Å². The van der Waals surface area contributed by atoms with Gasteiger partial charge in [-0.05, 0) is 0 Å². The number of carbonyl (C=O) groups excluding carboxylic acids is 2. The van der Waals surface area contributed by atoms with Gasteiger partial charge in [-0.25, -0.2) is 0 Å². The maximum absolute atomic E-state index is 12.4. The van der Waals surface area contributed by atoms with Gasteiger partial charge in [0.05, 0.1) is 0 Å². The molecule has 2 heterocycles. The van der Waals surface area contributed by atoms with Crippen LogP contribution in [-0.2, 0) is 16.0 Å². The van der Waals surface area contributed by atoms with Crippen molar-refractivity contribution >= 4 is 38.1 Å². The molecule has 110 valence electrons. The van der Waals surface area contributed by atoms with Crippen LogP contribution in [-0.4, -0.2) is 62.5 Å². The molecule has 1 aliphatic rings. The van der Waals surface area contributed by atoms with Crippen LogP contribution < -0.4 is 0 Å². The van der Waals surface area contributed by atoms with Crippen LogP contribution in [0.4, 0.5) is 4.79 Å². The summed E-state index contributed by atoms with van der Waals surface area (Å²) < 4.78 is 7.27. The van der Waals surface area contributed by atoms with E-state index in [9.17, 15) is 9.59 Å². The SMILES string of the molecule is CC(C)(C)OC(=O)N1CCC=C(Cc2c[n]([Tl])cn2)C1=O. The van der Waals surface area contributed by atoms with Gasteiger partial charge >= 0.3 is 140 Å². The standard InChI is InChI=1S/C14H18N3O3.Tl/c1-14(2,3)20-13(19)17-6-4-5-10(12(17)18)7-11-8-15-9-16-11;/h5,8-9H,4,6-7H2,1-3H3;/q-1;+1. The number of hydrogen-bond donors (Lipinski definition) is 0. The molecule has 0 fully saturated rings.